The van der Waals surface area contributed by atoms with E-state index in [1.165, 1.54) is 0 Å². The molecule has 29 heavy (non-hydrogen) atoms. The van der Waals surface area contributed by atoms with E-state index in [9.17, 15) is 0 Å². The predicted molar refractivity (Wildman–Crippen MR) is 117 cm³/mol. The zero-order valence-corrected chi connectivity index (χ0v) is 16.1. The van der Waals surface area contributed by atoms with Crippen molar-refractivity contribution >= 4 is 18.0 Å². The molecule has 0 bridgehead atoms. The van der Waals surface area contributed by atoms with Gasteiger partial charge >= 0.3 is 0 Å². The van der Waals surface area contributed by atoms with Crippen LogP contribution < -0.4 is 4.90 Å². The van der Waals surface area contributed by atoms with Crippen molar-refractivity contribution < 1.29 is 0 Å². The minimum absolute atomic E-state index is 0.695. The Hall–Kier alpha value is -3.54. The fraction of sp³-hybridized carbons (Fsp3) is 0.217. The van der Waals surface area contributed by atoms with Gasteiger partial charge in [0, 0.05) is 37.3 Å². The Morgan fingerprint density at radius 3 is 2.00 bits per heavy atom. The lowest BCUT2D eigenvalue weighted by molar-refractivity contribution is 0.382. The van der Waals surface area contributed by atoms with Crippen molar-refractivity contribution in [1.82, 2.24) is 15.1 Å². The Kier molecular flexibility index (Phi) is 4.74. The van der Waals surface area contributed by atoms with Crippen molar-refractivity contribution in [3.8, 4) is 22.4 Å². The molecule has 0 spiro atoms. The molecular formula is C23H22N6. The van der Waals surface area contributed by atoms with Crippen molar-refractivity contribution in [2.75, 3.05) is 37.6 Å². The number of aromatic nitrogens is 2. The van der Waals surface area contributed by atoms with Crippen LogP contribution in [0, 0.1) is 0 Å². The summed E-state index contributed by atoms with van der Waals surface area (Å²) in [4.78, 5) is 13.2. The second-order valence-corrected chi connectivity index (χ2v) is 7.17. The van der Waals surface area contributed by atoms with E-state index in [0.717, 1.165) is 60.2 Å². The lowest BCUT2D eigenvalue weighted by atomic mass is 10.0. The summed E-state index contributed by atoms with van der Waals surface area (Å²) in [5, 5.41) is 9.24. The van der Waals surface area contributed by atoms with E-state index in [-0.39, 0.29) is 0 Å². The number of amidine groups is 1. The van der Waals surface area contributed by atoms with E-state index in [2.05, 4.69) is 72.4 Å². The summed E-state index contributed by atoms with van der Waals surface area (Å²) in [6.45, 7) is 4.30. The second-order valence-electron chi connectivity index (χ2n) is 7.17. The number of anilines is 1. The molecule has 5 rings (SSSR count). The van der Waals surface area contributed by atoms with Gasteiger partial charge in [-0.2, -0.15) is 0 Å². The van der Waals surface area contributed by atoms with Crippen LogP contribution in [0.4, 0.5) is 5.82 Å². The van der Waals surface area contributed by atoms with Gasteiger partial charge in [0.25, 0.3) is 0 Å². The molecule has 0 saturated carbocycles. The first kappa shape index (κ1) is 17.6. The molecule has 1 aromatic heterocycles. The molecule has 0 aliphatic carbocycles. The Morgan fingerprint density at radius 2 is 1.34 bits per heavy atom. The van der Waals surface area contributed by atoms with Gasteiger partial charge < -0.3 is 9.80 Å². The van der Waals surface area contributed by atoms with Crippen LogP contribution in [0.1, 0.15) is 0 Å². The Morgan fingerprint density at radius 1 is 0.690 bits per heavy atom. The zero-order chi connectivity index (χ0) is 19.5. The summed E-state index contributed by atoms with van der Waals surface area (Å²) in [6, 6.07) is 22.8. The SMILES string of the molecule is C1=NCC(N2CCN(c3nnc(-c4ccccc4)cc3-c3ccccc3)CC2)=N1. The van der Waals surface area contributed by atoms with Gasteiger partial charge in [-0.3, -0.25) is 4.99 Å². The number of aliphatic imine (C=N–C) groups is 2. The number of rotatable bonds is 3. The third kappa shape index (κ3) is 3.61. The summed E-state index contributed by atoms with van der Waals surface area (Å²) in [7, 11) is 0. The van der Waals surface area contributed by atoms with E-state index < -0.39 is 0 Å². The molecule has 2 aliphatic heterocycles. The average Bonchev–Trinajstić information content (AvgIpc) is 3.35. The maximum absolute atomic E-state index is 4.68. The molecule has 3 heterocycles. The molecule has 2 aromatic carbocycles. The molecule has 1 saturated heterocycles. The van der Waals surface area contributed by atoms with Crippen molar-refractivity contribution in [2.45, 2.75) is 0 Å². The van der Waals surface area contributed by atoms with Crippen LogP contribution >= 0.6 is 0 Å². The first-order chi connectivity index (χ1) is 14.4. The van der Waals surface area contributed by atoms with Gasteiger partial charge in [-0.25, -0.2) is 4.99 Å². The van der Waals surface area contributed by atoms with Crippen molar-refractivity contribution in [3.63, 3.8) is 0 Å². The molecule has 0 amide bonds. The molecule has 6 heteroatoms. The molecular weight excluding hydrogens is 360 g/mol. The van der Waals surface area contributed by atoms with Gasteiger partial charge in [0.15, 0.2) is 5.82 Å². The minimum atomic E-state index is 0.695. The minimum Gasteiger partial charge on any atom is -0.355 e. The zero-order valence-electron chi connectivity index (χ0n) is 16.1. The van der Waals surface area contributed by atoms with Crippen LogP contribution in [0.2, 0.25) is 0 Å². The molecule has 3 aromatic rings. The van der Waals surface area contributed by atoms with Crippen LogP contribution in [0.25, 0.3) is 22.4 Å². The Balaban J connectivity index is 1.46. The average molecular weight is 382 g/mol. The largest absolute Gasteiger partial charge is 0.355 e. The van der Waals surface area contributed by atoms with Crippen LogP contribution in [-0.4, -0.2) is 60.0 Å². The molecule has 0 N–H and O–H groups in total. The topological polar surface area (TPSA) is 57.0 Å². The van der Waals surface area contributed by atoms with Crippen LogP contribution in [-0.2, 0) is 0 Å². The third-order valence-electron chi connectivity index (χ3n) is 5.39. The van der Waals surface area contributed by atoms with Gasteiger partial charge in [-0.05, 0) is 11.6 Å². The lowest BCUT2D eigenvalue weighted by Gasteiger charge is -2.36. The van der Waals surface area contributed by atoms with Gasteiger partial charge in [-0.1, -0.05) is 60.7 Å². The Bertz CT molecular complexity index is 1040. The summed E-state index contributed by atoms with van der Waals surface area (Å²) < 4.78 is 0. The quantitative estimate of drug-likeness (QED) is 0.697. The second kappa shape index (κ2) is 7.83. The van der Waals surface area contributed by atoms with Crippen LogP contribution in [0.15, 0.2) is 76.7 Å². The van der Waals surface area contributed by atoms with Crippen LogP contribution in [0.3, 0.4) is 0 Å². The van der Waals surface area contributed by atoms with E-state index in [0.29, 0.717) is 6.54 Å². The number of piperazine rings is 1. The highest BCUT2D eigenvalue weighted by molar-refractivity contribution is 5.94. The molecule has 0 atom stereocenters. The van der Waals surface area contributed by atoms with Crippen molar-refractivity contribution in [3.05, 3.63) is 66.7 Å². The van der Waals surface area contributed by atoms with Gasteiger partial charge in [0.05, 0.1) is 12.2 Å². The number of hydrogen-bond donors (Lipinski definition) is 0. The normalized spacial score (nSPS) is 16.2. The highest BCUT2D eigenvalue weighted by Gasteiger charge is 2.24. The van der Waals surface area contributed by atoms with Crippen molar-refractivity contribution in [1.29, 1.82) is 0 Å². The standard InChI is InChI=1S/C23H22N6/c1-3-7-18(8-4-1)20-15-21(19-9-5-2-6-10-19)26-27-23(20)29-13-11-28(12-14-29)22-16-24-17-25-22/h1-10,15,17H,11-14,16H2. The fourth-order valence-electron chi connectivity index (χ4n) is 3.83. The third-order valence-corrected chi connectivity index (χ3v) is 5.39. The Labute approximate surface area is 170 Å². The summed E-state index contributed by atoms with van der Waals surface area (Å²) in [6.07, 6.45) is 1.66. The summed E-state index contributed by atoms with van der Waals surface area (Å²) in [5.74, 6) is 2.01. The maximum atomic E-state index is 4.68. The maximum Gasteiger partial charge on any atom is 0.159 e. The summed E-state index contributed by atoms with van der Waals surface area (Å²) in [5.41, 5.74) is 4.25. The summed E-state index contributed by atoms with van der Waals surface area (Å²) >= 11 is 0. The molecule has 6 nitrogen and oxygen atoms in total. The first-order valence-corrected chi connectivity index (χ1v) is 9.92. The molecule has 0 unspecified atom stereocenters. The van der Waals surface area contributed by atoms with Crippen molar-refractivity contribution in [2.24, 2.45) is 9.98 Å². The van der Waals surface area contributed by atoms with Gasteiger partial charge in [-0.15, -0.1) is 10.2 Å². The molecule has 144 valence electrons. The van der Waals surface area contributed by atoms with E-state index in [4.69, 9.17) is 0 Å². The highest BCUT2D eigenvalue weighted by Crippen LogP contribution is 2.32. The number of benzene rings is 2. The fourth-order valence-corrected chi connectivity index (χ4v) is 3.83. The molecule has 1 fully saturated rings. The first-order valence-electron chi connectivity index (χ1n) is 9.92. The smallest absolute Gasteiger partial charge is 0.159 e. The molecule has 2 aliphatic rings. The monoisotopic (exact) mass is 382 g/mol. The van der Waals surface area contributed by atoms with Gasteiger partial charge in [0.1, 0.15) is 12.2 Å². The lowest BCUT2D eigenvalue weighted by Crippen LogP contribution is -2.49. The molecule has 0 radical (unpaired) electrons. The highest BCUT2D eigenvalue weighted by atomic mass is 15.3. The van der Waals surface area contributed by atoms with Crippen LogP contribution in [0.5, 0.6) is 0 Å². The predicted octanol–water partition coefficient (Wildman–Crippen LogP) is 3.37. The number of hydrogen-bond acceptors (Lipinski definition) is 6. The number of nitrogens with zero attached hydrogens (tertiary/aromatic N) is 6. The van der Waals surface area contributed by atoms with E-state index >= 15 is 0 Å². The van der Waals surface area contributed by atoms with Gasteiger partial charge in [0.2, 0.25) is 0 Å². The van der Waals surface area contributed by atoms with E-state index in [1.54, 1.807) is 6.34 Å². The van der Waals surface area contributed by atoms with E-state index in [1.807, 2.05) is 24.3 Å².